The first-order valence-corrected chi connectivity index (χ1v) is 18.3. The van der Waals surface area contributed by atoms with E-state index in [1.54, 1.807) is 41.1 Å². The van der Waals surface area contributed by atoms with Crippen molar-refractivity contribution in [2.75, 3.05) is 57.7 Å². The van der Waals surface area contributed by atoms with E-state index in [4.69, 9.17) is 9.47 Å². The third-order valence-corrected chi connectivity index (χ3v) is 10.2. The number of piperazine rings is 1. The summed E-state index contributed by atoms with van der Waals surface area (Å²) in [6.07, 6.45) is 3.80. The summed E-state index contributed by atoms with van der Waals surface area (Å²) >= 11 is 6.70. The molecule has 0 bridgehead atoms. The molecule has 0 unspecified atom stereocenters. The summed E-state index contributed by atoms with van der Waals surface area (Å²) in [4.78, 5) is 59.1. The Morgan fingerprint density at radius 2 is 1.70 bits per heavy atom. The van der Waals surface area contributed by atoms with E-state index in [2.05, 4.69) is 48.6 Å². The van der Waals surface area contributed by atoms with Crippen molar-refractivity contribution >= 4 is 61.5 Å². The summed E-state index contributed by atoms with van der Waals surface area (Å²) in [7, 11) is 0. The standard InChI is InChI=1S/C36H41Br2N5O7/c1-2-49-32(44)10-4-3-7-14-40-18-20-41(21-19-40)34(46)31(24-25-22-28(37)33(45)29(38)23-25)50-36(48)42-15-12-27(13-16-42)43-17-11-26-8-5-6-9-30(26)39-35(43)47/h4-6,8-9,14,22-23,27,31,45H,2,10-13,15-21,24H2,1H3,(H,39,47)/t31-/m1/s1. The Labute approximate surface area is 308 Å². The van der Waals surface area contributed by atoms with Crippen LogP contribution in [0.1, 0.15) is 37.3 Å². The fourth-order valence-electron chi connectivity index (χ4n) is 6.24. The van der Waals surface area contributed by atoms with Gasteiger partial charge in [0.15, 0.2) is 6.10 Å². The highest BCUT2D eigenvalue weighted by atomic mass is 79.9. The van der Waals surface area contributed by atoms with Gasteiger partial charge in [0.25, 0.3) is 5.91 Å². The summed E-state index contributed by atoms with van der Waals surface area (Å²) in [5.74, 6) is -0.593. The number of hydrogen-bond acceptors (Lipinski definition) is 8. The van der Waals surface area contributed by atoms with Gasteiger partial charge in [0.05, 0.1) is 28.2 Å². The lowest BCUT2D eigenvalue weighted by molar-refractivity contribution is -0.142. The maximum Gasteiger partial charge on any atom is 0.410 e. The van der Waals surface area contributed by atoms with Gasteiger partial charge in [0.1, 0.15) is 5.75 Å². The maximum atomic E-state index is 13.9. The predicted octanol–water partition coefficient (Wildman–Crippen LogP) is 5.44. The number of piperidine rings is 1. The largest absolute Gasteiger partial charge is 0.506 e. The molecule has 5 rings (SSSR count). The van der Waals surface area contributed by atoms with E-state index in [0.717, 1.165) is 17.7 Å². The first-order valence-electron chi connectivity index (χ1n) is 16.8. The molecule has 4 amide bonds. The molecule has 0 aromatic heterocycles. The van der Waals surface area contributed by atoms with Gasteiger partial charge in [-0.05, 0) is 93.4 Å². The Bertz CT molecular complexity index is 1650. The van der Waals surface area contributed by atoms with Crippen LogP contribution in [0.25, 0.3) is 0 Å². The molecule has 50 heavy (non-hydrogen) atoms. The van der Waals surface area contributed by atoms with Crippen LogP contribution >= 0.6 is 31.9 Å². The van der Waals surface area contributed by atoms with Gasteiger partial charge in [-0.2, -0.15) is 0 Å². The van der Waals surface area contributed by atoms with Gasteiger partial charge in [-0.1, -0.05) is 29.7 Å². The number of carbonyl (C=O) groups is 4. The van der Waals surface area contributed by atoms with Crippen LogP contribution in [0.5, 0.6) is 5.75 Å². The minimum atomic E-state index is -1.09. The van der Waals surface area contributed by atoms with E-state index in [9.17, 15) is 24.3 Å². The average molecular weight is 816 g/mol. The van der Waals surface area contributed by atoms with Crippen LogP contribution < -0.4 is 5.32 Å². The highest BCUT2D eigenvalue weighted by molar-refractivity contribution is 9.11. The van der Waals surface area contributed by atoms with E-state index in [1.165, 1.54) is 0 Å². The normalized spacial score (nSPS) is 17.0. The van der Waals surface area contributed by atoms with Gasteiger partial charge >= 0.3 is 18.1 Å². The van der Waals surface area contributed by atoms with Crippen LogP contribution in [0.2, 0.25) is 0 Å². The van der Waals surface area contributed by atoms with E-state index in [0.29, 0.717) is 79.8 Å². The fourth-order valence-corrected chi connectivity index (χ4v) is 7.52. The molecule has 2 N–H and O–H groups in total. The number of benzene rings is 2. The lowest BCUT2D eigenvalue weighted by Gasteiger charge is -2.38. The summed E-state index contributed by atoms with van der Waals surface area (Å²) in [6.45, 7) is 5.36. The SMILES string of the molecule is CCOC(=O)CC=C=C=CN1CCN(C(=O)[C@@H](Cc2cc(Br)c(O)c(Br)c2)OC(=O)N2CCC(N3CCc4ccccc4NC3=O)CC2)CC1. The second kappa shape index (κ2) is 17.6. The van der Waals surface area contributed by atoms with Crippen molar-refractivity contribution in [2.45, 2.75) is 51.2 Å². The monoisotopic (exact) mass is 813 g/mol. The maximum absolute atomic E-state index is 13.9. The Morgan fingerprint density at radius 1 is 1.00 bits per heavy atom. The van der Waals surface area contributed by atoms with Gasteiger partial charge < -0.3 is 39.5 Å². The second-order valence-corrected chi connectivity index (χ2v) is 13.9. The number of amides is 4. The molecule has 266 valence electrons. The molecule has 0 saturated carbocycles. The number of phenols is 1. The molecule has 2 fully saturated rings. The zero-order chi connectivity index (χ0) is 35.6. The highest BCUT2D eigenvalue weighted by Crippen LogP contribution is 2.34. The van der Waals surface area contributed by atoms with E-state index < -0.39 is 12.2 Å². The molecule has 2 aromatic carbocycles. The molecule has 0 spiro atoms. The first-order chi connectivity index (χ1) is 24.1. The zero-order valence-corrected chi connectivity index (χ0v) is 31.1. The van der Waals surface area contributed by atoms with Crippen LogP contribution in [0.4, 0.5) is 15.3 Å². The van der Waals surface area contributed by atoms with Gasteiger partial charge in [0, 0.05) is 64.0 Å². The summed E-state index contributed by atoms with van der Waals surface area (Å²) < 4.78 is 11.8. The van der Waals surface area contributed by atoms with Gasteiger partial charge in [0.2, 0.25) is 0 Å². The van der Waals surface area contributed by atoms with Gasteiger partial charge in [-0.25, -0.2) is 9.59 Å². The van der Waals surface area contributed by atoms with Crippen LogP contribution in [-0.2, 0) is 31.9 Å². The van der Waals surface area contributed by atoms with Crippen molar-refractivity contribution in [1.82, 2.24) is 19.6 Å². The Morgan fingerprint density at radius 3 is 2.40 bits per heavy atom. The topological polar surface area (TPSA) is 132 Å². The summed E-state index contributed by atoms with van der Waals surface area (Å²) in [6, 6.07) is 11.1. The zero-order valence-electron chi connectivity index (χ0n) is 27.9. The lowest BCUT2D eigenvalue weighted by Crippen LogP contribution is -2.53. The lowest BCUT2D eigenvalue weighted by atomic mass is 10.0. The molecule has 2 aromatic rings. The van der Waals surface area contributed by atoms with Crippen molar-refractivity contribution in [1.29, 1.82) is 0 Å². The first kappa shape index (κ1) is 37.0. The molecule has 14 heteroatoms. The second-order valence-electron chi connectivity index (χ2n) is 12.2. The van der Waals surface area contributed by atoms with Crippen molar-refractivity contribution in [3.05, 3.63) is 80.2 Å². The smallest absolute Gasteiger partial charge is 0.410 e. The Kier molecular flexibility index (Phi) is 13.1. The van der Waals surface area contributed by atoms with Crippen molar-refractivity contribution in [3.8, 4) is 5.75 Å². The number of nitrogens with zero attached hydrogens (tertiary/aromatic N) is 4. The Balaban J connectivity index is 1.20. The van der Waals surface area contributed by atoms with Gasteiger partial charge in [-0.15, -0.1) is 0 Å². The van der Waals surface area contributed by atoms with Crippen LogP contribution in [0.15, 0.2) is 69.1 Å². The summed E-state index contributed by atoms with van der Waals surface area (Å²) in [5.41, 5.74) is 8.38. The number of fused-ring (bicyclic) bond motifs is 1. The number of rotatable bonds is 9. The quantitative estimate of drug-likeness (QED) is 0.253. The number of nitrogens with one attached hydrogen (secondary N) is 1. The van der Waals surface area contributed by atoms with Crippen molar-refractivity contribution < 1.29 is 33.8 Å². The molecule has 3 aliphatic heterocycles. The number of halogens is 2. The number of phenolic OH excluding ortho intramolecular Hbond substituents is 1. The summed E-state index contributed by atoms with van der Waals surface area (Å²) in [5, 5.41) is 13.2. The predicted molar refractivity (Wildman–Crippen MR) is 194 cm³/mol. The van der Waals surface area contributed by atoms with Gasteiger partial charge in [-0.3, -0.25) is 9.59 Å². The van der Waals surface area contributed by atoms with Crippen LogP contribution in [0.3, 0.4) is 0 Å². The number of esters is 1. The number of likely N-dealkylation sites (tertiary alicyclic amines) is 1. The fraction of sp³-hybridized carbons (Fsp3) is 0.444. The third kappa shape index (κ3) is 9.72. The molecule has 2 saturated heterocycles. The average Bonchev–Trinajstić information content (AvgIpc) is 3.28. The van der Waals surface area contributed by atoms with Crippen LogP contribution in [0, 0.1) is 0 Å². The third-order valence-electron chi connectivity index (χ3n) is 8.95. The molecule has 3 aliphatic rings. The molecular formula is C36H41Br2N5O7. The number of hydrogen-bond donors (Lipinski definition) is 2. The minimum absolute atomic E-state index is 0.0225. The number of para-hydroxylation sites is 1. The minimum Gasteiger partial charge on any atom is -0.506 e. The number of urea groups is 1. The molecule has 12 nitrogen and oxygen atoms in total. The molecule has 0 radical (unpaired) electrons. The van der Waals surface area contributed by atoms with E-state index in [-0.39, 0.29) is 42.5 Å². The van der Waals surface area contributed by atoms with E-state index in [1.807, 2.05) is 34.1 Å². The van der Waals surface area contributed by atoms with Crippen molar-refractivity contribution in [2.24, 2.45) is 0 Å². The number of aromatic hydroxyl groups is 1. The molecular weight excluding hydrogens is 774 g/mol. The van der Waals surface area contributed by atoms with Crippen molar-refractivity contribution in [3.63, 3.8) is 0 Å². The number of anilines is 1. The molecule has 1 atom stereocenters. The Hall–Kier alpha value is -4.22. The van der Waals surface area contributed by atoms with Crippen LogP contribution in [-0.4, -0.2) is 113 Å². The molecule has 3 heterocycles. The van der Waals surface area contributed by atoms with E-state index >= 15 is 0 Å². The number of ether oxygens (including phenoxy) is 2. The molecule has 0 aliphatic carbocycles. The highest BCUT2D eigenvalue weighted by Gasteiger charge is 2.35. The number of carbonyl (C=O) groups excluding carboxylic acids is 4.